The molecule has 5 nitrogen and oxygen atoms in total. The number of hydrogen-bond acceptors (Lipinski definition) is 4. The molecular formula is C21H21N3O2S. The van der Waals surface area contributed by atoms with Crippen LogP contribution in [0.25, 0.3) is 0 Å². The normalized spacial score (nSPS) is 11.8. The van der Waals surface area contributed by atoms with Crippen LogP contribution in [-0.2, 0) is 10.0 Å². The van der Waals surface area contributed by atoms with Crippen LogP contribution in [0.4, 0.5) is 11.4 Å². The summed E-state index contributed by atoms with van der Waals surface area (Å²) >= 11 is 0. The first-order chi connectivity index (χ1) is 12.9. The number of sulfonamides is 1. The number of anilines is 1. The summed E-state index contributed by atoms with van der Waals surface area (Å²) in [5.74, 6) is 0.491. The smallest absolute Gasteiger partial charge is 0.261 e. The van der Waals surface area contributed by atoms with Gasteiger partial charge in [-0.1, -0.05) is 38.1 Å². The van der Waals surface area contributed by atoms with Crippen molar-refractivity contribution in [2.24, 2.45) is 4.99 Å². The highest BCUT2D eigenvalue weighted by Gasteiger charge is 2.13. The van der Waals surface area contributed by atoms with Crippen molar-refractivity contribution in [1.29, 1.82) is 0 Å². The van der Waals surface area contributed by atoms with Crippen molar-refractivity contribution in [3.8, 4) is 0 Å². The molecule has 0 fully saturated rings. The fourth-order valence-corrected chi connectivity index (χ4v) is 3.51. The minimum Gasteiger partial charge on any atom is -0.278 e. The van der Waals surface area contributed by atoms with Crippen molar-refractivity contribution >= 4 is 27.6 Å². The second-order valence-corrected chi connectivity index (χ2v) is 8.10. The van der Waals surface area contributed by atoms with E-state index in [9.17, 15) is 8.42 Å². The molecular weight excluding hydrogens is 358 g/mol. The summed E-state index contributed by atoms with van der Waals surface area (Å²) in [4.78, 5) is 8.48. The van der Waals surface area contributed by atoms with Crippen LogP contribution >= 0.6 is 0 Å². The van der Waals surface area contributed by atoms with Gasteiger partial charge in [-0.25, -0.2) is 8.42 Å². The first-order valence-electron chi connectivity index (χ1n) is 8.61. The second-order valence-electron chi connectivity index (χ2n) is 6.42. The highest BCUT2D eigenvalue weighted by Crippen LogP contribution is 2.19. The molecule has 0 atom stereocenters. The minimum atomic E-state index is -3.65. The van der Waals surface area contributed by atoms with Crippen LogP contribution < -0.4 is 4.72 Å². The zero-order chi connectivity index (χ0) is 19.3. The topological polar surface area (TPSA) is 71.4 Å². The highest BCUT2D eigenvalue weighted by molar-refractivity contribution is 7.92. The lowest BCUT2D eigenvalue weighted by Gasteiger charge is -2.07. The van der Waals surface area contributed by atoms with E-state index in [0.29, 0.717) is 17.3 Å². The largest absolute Gasteiger partial charge is 0.278 e. The molecule has 0 aliphatic rings. The molecule has 27 heavy (non-hydrogen) atoms. The number of pyridine rings is 1. The maximum atomic E-state index is 12.4. The number of hydrogen-bond donors (Lipinski definition) is 1. The average Bonchev–Trinajstić information content (AvgIpc) is 2.67. The van der Waals surface area contributed by atoms with Crippen molar-refractivity contribution in [2.45, 2.75) is 24.7 Å². The Labute approximate surface area is 159 Å². The Kier molecular flexibility index (Phi) is 5.66. The first kappa shape index (κ1) is 18.8. The molecule has 0 amide bonds. The molecule has 0 saturated carbocycles. The van der Waals surface area contributed by atoms with Crippen molar-refractivity contribution in [2.75, 3.05) is 4.72 Å². The summed E-state index contributed by atoms with van der Waals surface area (Å²) in [6.07, 6.45) is 4.81. The first-order valence-corrected chi connectivity index (χ1v) is 10.1. The molecule has 1 N–H and O–H groups in total. The molecule has 0 unspecified atom stereocenters. The van der Waals surface area contributed by atoms with Crippen LogP contribution in [0.2, 0.25) is 0 Å². The Hall–Kier alpha value is -2.99. The molecule has 0 aliphatic carbocycles. The fourth-order valence-electron chi connectivity index (χ4n) is 2.46. The van der Waals surface area contributed by atoms with Crippen LogP contribution in [0.1, 0.15) is 30.9 Å². The van der Waals surface area contributed by atoms with Crippen molar-refractivity contribution in [1.82, 2.24) is 4.98 Å². The van der Waals surface area contributed by atoms with E-state index in [1.54, 1.807) is 36.7 Å². The number of benzene rings is 2. The van der Waals surface area contributed by atoms with Gasteiger partial charge in [0.15, 0.2) is 0 Å². The van der Waals surface area contributed by atoms with Gasteiger partial charge in [0.05, 0.1) is 22.5 Å². The quantitative estimate of drug-likeness (QED) is 0.628. The molecule has 2 aromatic carbocycles. The predicted octanol–water partition coefficient (Wildman–Crippen LogP) is 4.76. The molecule has 138 valence electrons. The third-order valence-corrected chi connectivity index (χ3v) is 5.42. The Morgan fingerprint density at radius 2 is 1.70 bits per heavy atom. The van der Waals surface area contributed by atoms with Gasteiger partial charge in [0.1, 0.15) is 0 Å². The predicted molar refractivity (Wildman–Crippen MR) is 109 cm³/mol. The summed E-state index contributed by atoms with van der Waals surface area (Å²) in [5.41, 5.74) is 3.38. The molecule has 0 saturated heterocycles. The van der Waals surface area contributed by atoms with E-state index in [-0.39, 0.29) is 4.90 Å². The summed E-state index contributed by atoms with van der Waals surface area (Å²) in [6.45, 7) is 4.31. The molecule has 3 aromatic rings. The van der Waals surface area contributed by atoms with E-state index in [0.717, 1.165) is 5.56 Å². The molecule has 3 rings (SSSR count). The van der Waals surface area contributed by atoms with Crippen molar-refractivity contribution in [3.63, 3.8) is 0 Å². The lowest BCUT2D eigenvalue weighted by molar-refractivity contribution is 0.601. The summed E-state index contributed by atoms with van der Waals surface area (Å²) in [7, 11) is -3.65. The number of nitrogens with zero attached hydrogens (tertiary/aromatic N) is 2. The Morgan fingerprint density at radius 1 is 1.00 bits per heavy atom. The summed E-state index contributed by atoms with van der Waals surface area (Å²) < 4.78 is 27.3. The monoisotopic (exact) mass is 379 g/mol. The molecule has 1 aromatic heterocycles. The standard InChI is InChI=1S/C21H21N3O2S/c1-16(2)18-7-5-17(6-8-18)14-23-19-9-11-21(12-10-19)27(25,26)24-20-4-3-13-22-15-20/h3-16,24H,1-2H3. The van der Waals surface area contributed by atoms with E-state index in [4.69, 9.17) is 0 Å². The van der Waals surface area contributed by atoms with Gasteiger partial charge in [-0.3, -0.25) is 14.7 Å². The van der Waals surface area contributed by atoms with Crippen LogP contribution in [0.15, 0.2) is 82.9 Å². The Morgan fingerprint density at radius 3 is 2.30 bits per heavy atom. The highest BCUT2D eigenvalue weighted by atomic mass is 32.2. The average molecular weight is 379 g/mol. The maximum Gasteiger partial charge on any atom is 0.261 e. The fraction of sp³-hybridized carbons (Fsp3) is 0.143. The molecule has 0 bridgehead atoms. The van der Waals surface area contributed by atoms with Crippen LogP contribution in [0, 0.1) is 0 Å². The van der Waals surface area contributed by atoms with Crippen molar-refractivity contribution in [3.05, 3.63) is 84.2 Å². The van der Waals surface area contributed by atoms with E-state index >= 15 is 0 Å². The van der Waals surface area contributed by atoms with Gasteiger partial charge in [0.2, 0.25) is 0 Å². The van der Waals surface area contributed by atoms with Crippen LogP contribution in [-0.4, -0.2) is 19.6 Å². The lowest BCUT2D eigenvalue weighted by Crippen LogP contribution is -2.12. The number of nitrogens with one attached hydrogen (secondary N) is 1. The van der Waals surface area contributed by atoms with Gasteiger partial charge >= 0.3 is 0 Å². The zero-order valence-electron chi connectivity index (χ0n) is 15.2. The Bertz CT molecular complexity index is 1010. The third kappa shape index (κ3) is 5.01. The SMILES string of the molecule is CC(C)c1ccc(C=Nc2ccc(S(=O)(=O)Nc3cccnc3)cc2)cc1. The van der Waals surface area contributed by atoms with Gasteiger partial charge < -0.3 is 0 Å². The van der Waals surface area contributed by atoms with Crippen LogP contribution in [0.5, 0.6) is 0 Å². The minimum absolute atomic E-state index is 0.173. The van der Waals surface area contributed by atoms with E-state index in [2.05, 4.69) is 40.7 Å². The summed E-state index contributed by atoms with van der Waals surface area (Å²) in [5, 5.41) is 0. The zero-order valence-corrected chi connectivity index (χ0v) is 16.0. The number of rotatable bonds is 6. The van der Waals surface area contributed by atoms with E-state index < -0.39 is 10.0 Å². The molecule has 0 radical (unpaired) electrons. The van der Waals surface area contributed by atoms with Gasteiger partial charge in [-0.15, -0.1) is 0 Å². The maximum absolute atomic E-state index is 12.4. The lowest BCUT2D eigenvalue weighted by atomic mass is 10.0. The second kappa shape index (κ2) is 8.14. The van der Waals surface area contributed by atoms with Crippen molar-refractivity contribution < 1.29 is 8.42 Å². The van der Waals surface area contributed by atoms with Gasteiger partial charge in [0, 0.05) is 12.4 Å². The number of aromatic nitrogens is 1. The molecule has 0 spiro atoms. The van der Waals surface area contributed by atoms with Crippen LogP contribution in [0.3, 0.4) is 0 Å². The van der Waals surface area contributed by atoms with Gasteiger partial charge in [0.25, 0.3) is 10.0 Å². The summed E-state index contributed by atoms with van der Waals surface area (Å²) in [6, 6.07) is 18.0. The van der Waals surface area contributed by atoms with E-state index in [1.807, 2.05) is 12.1 Å². The third-order valence-electron chi connectivity index (χ3n) is 4.03. The van der Waals surface area contributed by atoms with Gasteiger partial charge in [-0.2, -0.15) is 0 Å². The number of aliphatic imine (C=N–C) groups is 1. The van der Waals surface area contributed by atoms with Gasteiger partial charge in [-0.05, 0) is 53.4 Å². The Balaban J connectivity index is 1.71. The molecule has 1 heterocycles. The molecule has 6 heteroatoms. The van der Waals surface area contributed by atoms with E-state index in [1.165, 1.54) is 23.9 Å². The molecule has 0 aliphatic heterocycles.